The average Bonchev–Trinajstić information content (AvgIpc) is 3.40. The summed E-state index contributed by atoms with van der Waals surface area (Å²) in [7, 11) is 0. The van der Waals surface area contributed by atoms with Crippen molar-refractivity contribution in [1.29, 1.82) is 0 Å². The number of nitrogens with one attached hydrogen (secondary N) is 9. The average molecular weight is 1080 g/mol. The summed E-state index contributed by atoms with van der Waals surface area (Å²) in [6.45, 7) is 0.951. The van der Waals surface area contributed by atoms with Crippen LogP contribution >= 0.6 is 0 Å². The molecule has 0 aliphatic carbocycles. The van der Waals surface area contributed by atoms with Gasteiger partial charge in [-0.05, 0) is 133 Å². The van der Waals surface area contributed by atoms with Crippen molar-refractivity contribution >= 4 is 70.5 Å². The number of hydrogen-bond acceptors (Lipinski definition) is 18. The molecule has 5 rings (SSSR count). The molecule has 2 aromatic rings. The number of azo groups is 1. The maximum Gasteiger partial charge on any atom is 0.305 e. The molecular formula is C49H74N14O14. The summed E-state index contributed by atoms with van der Waals surface area (Å²) in [5.74, 6) is -10.4. The fourth-order valence-corrected chi connectivity index (χ4v) is 7.50. The number of benzene rings is 2. The molecule has 0 radical (unpaired) electrons. The zero-order valence-corrected chi connectivity index (χ0v) is 43.1. The van der Waals surface area contributed by atoms with Gasteiger partial charge in [0.1, 0.15) is 48.3 Å². The fourth-order valence-electron chi connectivity index (χ4n) is 7.50. The number of aliphatic hydroxyl groups excluding tert-OH is 3. The lowest BCUT2D eigenvalue weighted by Gasteiger charge is -2.27. The van der Waals surface area contributed by atoms with E-state index in [-0.39, 0.29) is 50.9 Å². The highest BCUT2D eigenvalue weighted by molar-refractivity contribution is 6.00. The Morgan fingerprint density at radius 2 is 0.935 bits per heavy atom. The minimum absolute atomic E-state index is 0.0198. The predicted octanol–water partition coefficient (Wildman–Crippen LogP) is -3.53. The lowest BCUT2D eigenvalue weighted by Crippen LogP contribution is -2.62. The molecule has 9 atom stereocenters. The van der Waals surface area contributed by atoms with Gasteiger partial charge in [-0.2, -0.15) is 10.2 Å². The summed E-state index contributed by atoms with van der Waals surface area (Å²) < 4.78 is 0. The maximum atomic E-state index is 13.9. The van der Waals surface area contributed by atoms with Crippen LogP contribution in [0.1, 0.15) is 94.0 Å². The molecule has 3 aliphatic rings. The van der Waals surface area contributed by atoms with Gasteiger partial charge in [0.15, 0.2) is 0 Å². The molecule has 28 nitrogen and oxygen atoms in total. The van der Waals surface area contributed by atoms with E-state index in [1.165, 1.54) is 31.2 Å². The van der Waals surface area contributed by atoms with Gasteiger partial charge < -0.3 is 85.5 Å². The number of unbranched alkanes of at least 4 members (excludes halogenated alkanes) is 3. The molecule has 3 heterocycles. The summed E-state index contributed by atoms with van der Waals surface area (Å²) in [4.78, 5) is 134. The van der Waals surface area contributed by atoms with Crippen molar-refractivity contribution in [2.24, 2.45) is 27.4 Å². The first-order valence-electron chi connectivity index (χ1n) is 25.3. The number of carbonyl (C=O) groups excluding carboxylic acids is 9. The maximum absolute atomic E-state index is 13.9. The Balaban J connectivity index is 2.02. The Hall–Kier alpha value is -7.50. The Morgan fingerprint density at radius 3 is 1.40 bits per heavy atom. The number of aliphatic hydroxyl groups is 3. The van der Waals surface area contributed by atoms with Crippen LogP contribution in [0.5, 0.6) is 0 Å². The summed E-state index contributed by atoms with van der Waals surface area (Å²) in [6.07, 6.45) is -0.0723. The van der Waals surface area contributed by atoms with E-state index in [1.807, 2.05) is 0 Å². The van der Waals surface area contributed by atoms with Crippen molar-refractivity contribution in [3.05, 3.63) is 59.7 Å². The van der Waals surface area contributed by atoms with E-state index in [4.69, 9.17) is 17.2 Å². The Labute approximate surface area is 444 Å². The quantitative estimate of drug-likeness (QED) is 0.0683. The van der Waals surface area contributed by atoms with Crippen molar-refractivity contribution in [1.82, 2.24) is 47.9 Å². The Kier molecular flexibility index (Phi) is 27.8. The minimum Gasteiger partial charge on any atom is -0.481 e. The second-order valence-corrected chi connectivity index (χ2v) is 18.2. The molecule has 9 amide bonds. The van der Waals surface area contributed by atoms with Gasteiger partial charge in [-0.3, -0.25) is 47.9 Å². The molecule has 3 aliphatic heterocycles. The number of aliphatic carboxylic acids is 1. The number of hydrogen-bond donors (Lipinski definition) is 16. The van der Waals surface area contributed by atoms with Gasteiger partial charge in [-0.1, -0.05) is 12.1 Å². The van der Waals surface area contributed by atoms with Crippen LogP contribution in [-0.2, 0) is 49.7 Å². The molecule has 0 spiro atoms. The molecule has 4 bridgehead atoms. The largest absolute Gasteiger partial charge is 0.481 e. The van der Waals surface area contributed by atoms with Gasteiger partial charge in [0.2, 0.25) is 47.3 Å². The third-order valence-electron chi connectivity index (χ3n) is 12.0. The topological polar surface area (TPSA) is 463 Å². The summed E-state index contributed by atoms with van der Waals surface area (Å²) in [6, 6.07) is -0.0454. The van der Waals surface area contributed by atoms with Crippen LogP contribution < -0.4 is 65.1 Å². The van der Waals surface area contributed by atoms with Gasteiger partial charge >= 0.3 is 5.97 Å². The minimum atomic E-state index is -1.93. The summed E-state index contributed by atoms with van der Waals surface area (Å²) in [5, 5.41) is 70.7. The van der Waals surface area contributed by atoms with E-state index in [0.717, 1.165) is 6.92 Å². The van der Waals surface area contributed by atoms with Crippen LogP contribution in [0, 0.1) is 0 Å². The van der Waals surface area contributed by atoms with Gasteiger partial charge in [-0.15, -0.1) is 0 Å². The van der Waals surface area contributed by atoms with Crippen molar-refractivity contribution in [3.63, 3.8) is 0 Å². The predicted molar refractivity (Wildman–Crippen MR) is 276 cm³/mol. The standard InChI is InChI=1S/C49H74N14O14/c1-27-41(69)61-40(28(2)66)49(77)60-38(26-65)48(76)58-36(23-39(67)68)46(74)57-35(11-5-8-22-52)44(72)56-33(9-3-6-20-50)43(71)53-24-29-12-16-31(17-13-29)62-63-32-18-14-30(15-19-32)42(70)55-34(10-4-7-21-51)45(73)59-37(25-64)47(75)54-27/h12-19,27-28,33-38,40,64-66H,3-11,20-26,50-52H2,1-2H3,(H,53,71)(H,54,75)(H,55,70)(H,56,72)(H,57,74)(H,58,76)(H,59,73)(H,60,77)(H,61,69)(H,67,68)/t27-,28+,33-,34-,35-,36-,37-,38-,40-/m0/s1. The number of carboxylic acid groups (broad SMARTS) is 1. The van der Waals surface area contributed by atoms with Gasteiger partial charge in [0.25, 0.3) is 5.91 Å². The molecule has 2 aromatic carbocycles. The molecular weight excluding hydrogens is 1010 g/mol. The number of carbonyl (C=O) groups is 10. The van der Waals surface area contributed by atoms with Crippen molar-refractivity contribution in [2.75, 3.05) is 32.8 Å². The smallest absolute Gasteiger partial charge is 0.305 e. The van der Waals surface area contributed by atoms with E-state index in [1.54, 1.807) is 24.3 Å². The molecule has 19 N–H and O–H groups in total. The number of carboxylic acids is 1. The molecule has 0 saturated carbocycles. The molecule has 28 heteroatoms. The van der Waals surface area contributed by atoms with Crippen LogP contribution in [0.15, 0.2) is 58.8 Å². The number of nitrogens with two attached hydrogens (primary N) is 3. The number of nitrogens with zero attached hydrogens (tertiary/aromatic N) is 2. The van der Waals surface area contributed by atoms with Crippen molar-refractivity contribution in [2.45, 2.75) is 139 Å². The molecule has 77 heavy (non-hydrogen) atoms. The highest BCUT2D eigenvalue weighted by Crippen LogP contribution is 2.20. The zero-order chi connectivity index (χ0) is 57.0. The van der Waals surface area contributed by atoms with Crippen molar-refractivity contribution in [3.8, 4) is 0 Å². The zero-order valence-electron chi connectivity index (χ0n) is 43.1. The second-order valence-electron chi connectivity index (χ2n) is 18.2. The van der Waals surface area contributed by atoms with E-state index in [0.29, 0.717) is 55.6 Å². The van der Waals surface area contributed by atoms with E-state index >= 15 is 0 Å². The van der Waals surface area contributed by atoms with Gasteiger partial charge in [0, 0.05) is 12.1 Å². The monoisotopic (exact) mass is 1080 g/mol. The van der Waals surface area contributed by atoms with E-state index in [2.05, 4.69) is 58.1 Å². The van der Waals surface area contributed by atoms with Crippen LogP contribution in [0.2, 0.25) is 0 Å². The van der Waals surface area contributed by atoms with Gasteiger partial charge in [0.05, 0.1) is 37.1 Å². The van der Waals surface area contributed by atoms with E-state index in [9.17, 15) is 68.4 Å². The first-order valence-corrected chi connectivity index (χ1v) is 25.3. The highest BCUT2D eigenvalue weighted by Gasteiger charge is 2.36. The fraction of sp³-hybridized carbons (Fsp3) is 0.551. The first kappa shape index (κ1) is 63.8. The normalized spacial score (nSPS) is 23.7. The lowest BCUT2D eigenvalue weighted by molar-refractivity contribution is -0.142. The van der Waals surface area contributed by atoms with Crippen LogP contribution in [0.25, 0.3) is 0 Å². The van der Waals surface area contributed by atoms with Crippen LogP contribution in [0.4, 0.5) is 11.4 Å². The number of rotatable bonds is 17. The SMILES string of the molecule is C[C@@H]1NC(=O)[C@H](CO)NC(=O)[C@H](CCCCN)NC(=O)c2ccc(cc2)N=Nc2ccc(cc2)CNC(=O)[C@H](CCCCN)NC(=O)[C@H](CCCCN)NC(=O)[C@H](CC(=O)O)NC(=O)[C@H](CO)NC(=O)[C@H]([C@@H](C)O)NC1=O. The molecule has 0 fully saturated rings. The lowest BCUT2D eigenvalue weighted by atomic mass is 10.0. The summed E-state index contributed by atoms with van der Waals surface area (Å²) >= 11 is 0. The molecule has 0 saturated heterocycles. The van der Waals surface area contributed by atoms with Crippen LogP contribution in [0.3, 0.4) is 0 Å². The molecule has 424 valence electrons. The number of fused-ring (bicyclic) bond motifs is 2. The first-order chi connectivity index (χ1) is 36.7. The van der Waals surface area contributed by atoms with Crippen LogP contribution in [-0.4, -0.2) is 167 Å². The highest BCUT2D eigenvalue weighted by atomic mass is 16.4. The second kappa shape index (κ2) is 33.5. The molecule has 0 unspecified atom stereocenters. The number of amides is 9. The van der Waals surface area contributed by atoms with E-state index < -0.39 is 133 Å². The Morgan fingerprint density at radius 1 is 0.532 bits per heavy atom. The molecule has 0 aromatic heterocycles. The Bertz CT molecular complexity index is 2340. The van der Waals surface area contributed by atoms with Gasteiger partial charge in [-0.25, -0.2) is 0 Å². The summed E-state index contributed by atoms with van der Waals surface area (Å²) in [5.41, 5.74) is 18.6. The van der Waals surface area contributed by atoms with Crippen molar-refractivity contribution < 1.29 is 68.4 Å². The third-order valence-corrected chi connectivity index (χ3v) is 12.0. The third kappa shape index (κ3) is 21.9.